The van der Waals surface area contributed by atoms with Crippen LogP contribution in [-0.4, -0.2) is 0 Å². The molecular weight excluding hydrogens is 403 g/mol. The third kappa shape index (κ3) is 6.05. The molecule has 0 nitrogen and oxygen atoms in total. The number of unbranched alkanes of at least 4 members (excludes halogenated alkanes) is 2. The lowest BCUT2D eigenvalue weighted by molar-refractivity contribution is 0.308. The van der Waals surface area contributed by atoms with Gasteiger partial charge in [-0.1, -0.05) is 81.7 Å². The Morgan fingerprint density at radius 3 is 2.24 bits per heavy atom. The molecule has 3 aromatic carbocycles. The molecule has 0 spiro atoms. The number of halogens is 1. The Bertz CT molecular complexity index is 1100. The van der Waals surface area contributed by atoms with Crippen LogP contribution in [0.2, 0.25) is 0 Å². The van der Waals surface area contributed by atoms with Crippen LogP contribution in [0.1, 0.15) is 99.8 Å². The van der Waals surface area contributed by atoms with Gasteiger partial charge >= 0.3 is 0 Å². The molecule has 33 heavy (non-hydrogen) atoms. The first-order chi connectivity index (χ1) is 16.2. The Morgan fingerprint density at radius 2 is 1.52 bits per heavy atom. The van der Waals surface area contributed by atoms with E-state index in [4.69, 9.17) is 0 Å². The molecule has 0 aromatic heterocycles. The highest BCUT2D eigenvalue weighted by atomic mass is 19.1. The van der Waals surface area contributed by atoms with Gasteiger partial charge in [0.25, 0.3) is 0 Å². The molecule has 0 heterocycles. The number of rotatable bonds is 7. The fourth-order valence-corrected chi connectivity index (χ4v) is 5.35. The Morgan fingerprint density at radius 1 is 0.788 bits per heavy atom. The molecule has 0 aliphatic heterocycles. The zero-order valence-electron chi connectivity index (χ0n) is 20.3. The second-order valence-corrected chi connectivity index (χ2v) is 9.81. The fourth-order valence-electron chi connectivity index (χ4n) is 5.35. The second kappa shape index (κ2) is 11.5. The van der Waals surface area contributed by atoms with Crippen LogP contribution < -0.4 is 0 Å². The number of fused-ring (bicyclic) bond motifs is 1. The smallest absolute Gasteiger partial charge is 0.134 e. The average molecular weight is 441 g/mol. The van der Waals surface area contributed by atoms with Gasteiger partial charge in [0, 0.05) is 16.5 Å². The van der Waals surface area contributed by atoms with Crippen molar-refractivity contribution in [2.24, 2.45) is 5.92 Å². The van der Waals surface area contributed by atoms with Gasteiger partial charge in [-0.25, -0.2) is 4.39 Å². The molecule has 1 aliphatic rings. The lowest BCUT2D eigenvalue weighted by Crippen LogP contribution is -2.13. The van der Waals surface area contributed by atoms with Gasteiger partial charge in [0.1, 0.15) is 5.82 Å². The summed E-state index contributed by atoms with van der Waals surface area (Å²) in [5, 5.41) is 1.63. The summed E-state index contributed by atoms with van der Waals surface area (Å²) in [4.78, 5) is 0. The SMILES string of the molecule is CCCCCc1ccc2cc(C#Cc3ccc(C4CCC(CCC)CC4)cc3)ccc2c1F. The summed E-state index contributed by atoms with van der Waals surface area (Å²) in [7, 11) is 0. The van der Waals surface area contributed by atoms with Crippen molar-refractivity contribution < 1.29 is 4.39 Å². The fraction of sp³-hybridized carbons (Fsp3) is 0.438. The minimum Gasteiger partial charge on any atom is -0.206 e. The maximum atomic E-state index is 14.9. The van der Waals surface area contributed by atoms with Crippen molar-refractivity contribution in [2.75, 3.05) is 0 Å². The molecule has 1 heteroatoms. The number of aryl methyl sites for hydroxylation is 1. The zero-order chi connectivity index (χ0) is 23.0. The summed E-state index contributed by atoms with van der Waals surface area (Å²) < 4.78 is 14.9. The van der Waals surface area contributed by atoms with Crippen molar-refractivity contribution in [1.82, 2.24) is 0 Å². The first-order valence-electron chi connectivity index (χ1n) is 13.0. The van der Waals surface area contributed by atoms with Crippen LogP contribution in [0.25, 0.3) is 10.8 Å². The van der Waals surface area contributed by atoms with Gasteiger partial charge in [-0.3, -0.25) is 0 Å². The maximum absolute atomic E-state index is 14.9. The summed E-state index contributed by atoms with van der Waals surface area (Å²) in [5.41, 5.74) is 4.26. The largest absolute Gasteiger partial charge is 0.206 e. The van der Waals surface area contributed by atoms with Crippen LogP contribution in [0, 0.1) is 23.6 Å². The van der Waals surface area contributed by atoms with Gasteiger partial charge in [-0.2, -0.15) is 0 Å². The number of hydrogen-bond donors (Lipinski definition) is 0. The summed E-state index contributed by atoms with van der Waals surface area (Å²) in [6.45, 7) is 4.47. The van der Waals surface area contributed by atoms with E-state index >= 15 is 0 Å². The Labute approximate surface area is 199 Å². The van der Waals surface area contributed by atoms with Crippen molar-refractivity contribution in [3.05, 3.63) is 82.7 Å². The maximum Gasteiger partial charge on any atom is 0.134 e. The van der Waals surface area contributed by atoms with Crippen molar-refractivity contribution >= 4 is 10.8 Å². The molecule has 4 rings (SSSR count). The molecule has 1 fully saturated rings. The van der Waals surface area contributed by atoms with E-state index in [1.807, 2.05) is 30.3 Å². The predicted molar refractivity (Wildman–Crippen MR) is 139 cm³/mol. The number of benzene rings is 3. The predicted octanol–water partition coefficient (Wildman–Crippen LogP) is 9.19. The van der Waals surface area contributed by atoms with Crippen LogP contribution >= 0.6 is 0 Å². The van der Waals surface area contributed by atoms with Crippen molar-refractivity contribution in [2.45, 2.75) is 84.0 Å². The molecule has 0 N–H and O–H groups in total. The van der Waals surface area contributed by atoms with Crippen molar-refractivity contribution in [3.63, 3.8) is 0 Å². The normalized spacial score (nSPS) is 18.2. The topological polar surface area (TPSA) is 0 Å². The minimum atomic E-state index is -0.0672. The summed E-state index contributed by atoms with van der Waals surface area (Å²) in [6, 6.07) is 18.7. The second-order valence-electron chi connectivity index (χ2n) is 9.81. The molecule has 172 valence electrons. The molecule has 0 bridgehead atoms. The average Bonchev–Trinajstić information content (AvgIpc) is 2.85. The van der Waals surface area contributed by atoms with E-state index < -0.39 is 0 Å². The highest BCUT2D eigenvalue weighted by Crippen LogP contribution is 2.37. The van der Waals surface area contributed by atoms with Crippen LogP contribution in [0.4, 0.5) is 4.39 Å². The Kier molecular flexibility index (Phi) is 8.22. The molecule has 0 radical (unpaired) electrons. The van der Waals surface area contributed by atoms with Gasteiger partial charge in [-0.05, 0) is 91.1 Å². The minimum absolute atomic E-state index is 0.0672. The molecular formula is C32H37F. The third-order valence-corrected chi connectivity index (χ3v) is 7.36. The molecule has 1 aliphatic carbocycles. The molecule has 0 saturated heterocycles. The summed E-state index contributed by atoms with van der Waals surface area (Å²) >= 11 is 0. The van der Waals surface area contributed by atoms with Crippen LogP contribution in [0.5, 0.6) is 0 Å². The Balaban J connectivity index is 1.42. The van der Waals surface area contributed by atoms with E-state index in [1.54, 1.807) is 0 Å². The van der Waals surface area contributed by atoms with E-state index in [0.29, 0.717) is 11.3 Å². The Hall–Kier alpha value is -2.59. The van der Waals surface area contributed by atoms with Gasteiger partial charge < -0.3 is 0 Å². The zero-order valence-corrected chi connectivity index (χ0v) is 20.3. The summed E-state index contributed by atoms with van der Waals surface area (Å²) in [5.74, 6) is 8.16. The molecule has 0 amide bonds. The monoisotopic (exact) mass is 440 g/mol. The quantitative estimate of drug-likeness (QED) is 0.254. The van der Waals surface area contributed by atoms with E-state index in [2.05, 4.69) is 50.0 Å². The van der Waals surface area contributed by atoms with Crippen molar-refractivity contribution in [3.8, 4) is 11.8 Å². The molecule has 1 saturated carbocycles. The first kappa shape index (κ1) is 23.6. The van der Waals surface area contributed by atoms with E-state index in [0.717, 1.165) is 53.7 Å². The van der Waals surface area contributed by atoms with E-state index in [1.165, 1.54) is 44.1 Å². The lowest BCUT2D eigenvalue weighted by Gasteiger charge is -2.28. The van der Waals surface area contributed by atoms with Crippen LogP contribution in [0.3, 0.4) is 0 Å². The molecule has 0 atom stereocenters. The number of hydrogen-bond acceptors (Lipinski definition) is 0. The first-order valence-corrected chi connectivity index (χ1v) is 13.0. The third-order valence-electron chi connectivity index (χ3n) is 7.36. The van der Waals surface area contributed by atoms with Gasteiger partial charge in [0.15, 0.2) is 0 Å². The van der Waals surface area contributed by atoms with Crippen LogP contribution in [0.15, 0.2) is 54.6 Å². The molecule has 0 unspecified atom stereocenters. The standard InChI is InChI=1S/C32H37F/c1-3-5-6-8-29-20-21-30-23-26(15-22-31(30)32(29)33)10-9-25-13-18-28(19-14-25)27-16-11-24(7-4-2)12-17-27/h13-15,18-24,27H,3-8,11-12,16-17H2,1-2H3. The van der Waals surface area contributed by atoms with Gasteiger partial charge in [0.2, 0.25) is 0 Å². The molecule has 3 aromatic rings. The van der Waals surface area contributed by atoms with Gasteiger partial charge in [0.05, 0.1) is 0 Å². The van der Waals surface area contributed by atoms with Crippen LogP contribution in [-0.2, 0) is 6.42 Å². The highest BCUT2D eigenvalue weighted by molar-refractivity contribution is 5.85. The van der Waals surface area contributed by atoms with E-state index in [-0.39, 0.29) is 5.82 Å². The summed E-state index contributed by atoms with van der Waals surface area (Å²) in [6.07, 6.45) is 12.3. The van der Waals surface area contributed by atoms with Gasteiger partial charge in [-0.15, -0.1) is 0 Å². The van der Waals surface area contributed by atoms with Crippen molar-refractivity contribution in [1.29, 1.82) is 0 Å². The highest BCUT2D eigenvalue weighted by Gasteiger charge is 2.21. The lowest BCUT2D eigenvalue weighted by atomic mass is 9.77. The van der Waals surface area contributed by atoms with E-state index in [9.17, 15) is 4.39 Å².